The Bertz CT molecular complexity index is 2210. The topological polar surface area (TPSA) is 120 Å². The van der Waals surface area contributed by atoms with Crippen molar-refractivity contribution in [2.24, 2.45) is 0 Å². The third kappa shape index (κ3) is 3.26. The van der Waals surface area contributed by atoms with Gasteiger partial charge in [0.05, 0.1) is 5.92 Å². The molecule has 0 radical (unpaired) electrons. The van der Waals surface area contributed by atoms with Crippen LogP contribution in [0.1, 0.15) is 17.0 Å². The second-order valence-electron chi connectivity index (χ2n) is 10.1. The van der Waals surface area contributed by atoms with Crippen molar-refractivity contribution in [1.82, 2.24) is 0 Å². The Morgan fingerprint density at radius 1 is 0.625 bits per heavy atom. The van der Waals surface area contributed by atoms with E-state index in [-0.39, 0.29) is 11.3 Å². The highest BCUT2D eigenvalue weighted by Gasteiger charge is 2.43. The molecule has 0 saturated heterocycles. The molecule has 6 aromatic carbocycles. The van der Waals surface area contributed by atoms with Gasteiger partial charge >= 0.3 is 0 Å². The number of aliphatic hydroxyl groups is 1. The lowest BCUT2D eigenvalue weighted by molar-refractivity contribution is 0.371. The predicted molar refractivity (Wildman–Crippen MR) is 162 cm³/mol. The number of rotatable bonds is 2. The molecule has 1 unspecified atom stereocenters. The molecule has 1 aliphatic carbocycles. The first-order valence-electron chi connectivity index (χ1n) is 12.9. The molecule has 1 atom stereocenters. The van der Waals surface area contributed by atoms with Crippen molar-refractivity contribution in [3.05, 3.63) is 125 Å². The summed E-state index contributed by atoms with van der Waals surface area (Å²) in [6.45, 7) is 0. The molecule has 0 spiro atoms. The van der Waals surface area contributed by atoms with Crippen LogP contribution in [0.4, 0.5) is 11.4 Å². The molecule has 0 aliphatic heterocycles. The van der Waals surface area contributed by atoms with Gasteiger partial charge in [-0.2, -0.15) is 10.5 Å². The van der Waals surface area contributed by atoms with Crippen LogP contribution in [0.15, 0.2) is 114 Å². The van der Waals surface area contributed by atoms with E-state index in [1.807, 2.05) is 72.8 Å². The summed E-state index contributed by atoms with van der Waals surface area (Å²) in [4.78, 5) is 0. The summed E-state index contributed by atoms with van der Waals surface area (Å²) in [6, 6.07) is 35.9. The molecule has 188 valence electrons. The SMILES string of the molecule is N#CC(C#N)=C1C(c2c(N)ccc3cc4ccccc4cc23)=C(O)C1c1c(N)ccc2cc3ccccc3cc12. The monoisotopic (exact) mass is 514 g/mol. The van der Waals surface area contributed by atoms with E-state index < -0.39 is 5.92 Å². The highest BCUT2D eigenvalue weighted by Crippen LogP contribution is 2.57. The first-order chi connectivity index (χ1) is 19.5. The van der Waals surface area contributed by atoms with Crippen LogP contribution in [0.3, 0.4) is 0 Å². The van der Waals surface area contributed by atoms with Crippen molar-refractivity contribution in [3.63, 3.8) is 0 Å². The average Bonchev–Trinajstić information content (AvgIpc) is 2.98. The number of allylic oxidation sites excluding steroid dienone is 3. The maximum absolute atomic E-state index is 11.8. The second-order valence-corrected chi connectivity index (χ2v) is 10.1. The number of nitriles is 2. The number of aliphatic hydroxyl groups excluding tert-OH is 1. The molecule has 0 fully saturated rings. The highest BCUT2D eigenvalue weighted by atomic mass is 16.3. The summed E-state index contributed by atoms with van der Waals surface area (Å²) in [5, 5.41) is 39.7. The van der Waals surface area contributed by atoms with Gasteiger partial charge in [0.2, 0.25) is 0 Å². The molecule has 7 rings (SSSR count). The second kappa shape index (κ2) is 8.63. The van der Waals surface area contributed by atoms with Crippen molar-refractivity contribution < 1.29 is 5.11 Å². The average molecular weight is 515 g/mol. The minimum atomic E-state index is -0.746. The largest absolute Gasteiger partial charge is 0.511 e. The lowest BCUT2D eigenvalue weighted by atomic mass is 9.67. The smallest absolute Gasteiger partial charge is 0.134 e. The normalized spacial score (nSPS) is 14.8. The molecule has 6 aromatic rings. The molecule has 0 bridgehead atoms. The fraction of sp³-hybridized carbons (Fsp3) is 0.0286. The zero-order valence-electron chi connectivity index (χ0n) is 21.3. The van der Waals surface area contributed by atoms with Crippen molar-refractivity contribution in [1.29, 1.82) is 10.5 Å². The summed E-state index contributed by atoms with van der Waals surface area (Å²) >= 11 is 0. The minimum absolute atomic E-state index is 0.0396. The van der Waals surface area contributed by atoms with Gasteiger partial charge in [-0.05, 0) is 85.1 Å². The van der Waals surface area contributed by atoms with Crippen LogP contribution >= 0.6 is 0 Å². The van der Waals surface area contributed by atoms with E-state index in [1.54, 1.807) is 6.07 Å². The molecule has 0 amide bonds. The number of nitrogens with zero attached hydrogens (tertiary/aromatic N) is 2. The van der Waals surface area contributed by atoms with Crippen molar-refractivity contribution >= 4 is 60.0 Å². The molecular weight excluding hydrogens is 492 g/mol. The van der Waals surface area contributed by atoms with E-state index in [0.29, 0.717) is 33.6 Å². The Balaban J connectivity index is 1.56. The number of fused-ring (bicyclic) bond motifs is 4. The standard InChI is InChI=1S/C35H22N4O/c36-17-25(18-37)30-33(31-26-15-21-7-3-1-5-19(21)13-23(26)9-11-28(31)38)35(40)34(30)32-27-16-22-8-4-2-6-20(22)14-24(27)10-12-29(32)39/h1-16,33,40H,38-39H2. The van der Waals surface area contributed by atoms with Gasteiger partial charge < -0.3 is 16.6 Å². The Morgan fingerprint density at radius 2 is 1.12 bits per heavy atom. The Hall–Kier alpha value is -5.78. The minimum Gasteiger partial charge on any atom is -0.511 e. The molecule has 5 nitrogen and oxygen atoms in total. The van der Waals surface area contributed by atoms with E-state index >= 15 is 0 Å². The van der Waals surface area contributed by atoms with Crippen molar-refractivity contribution in [3.8, 4) is 12.1 Å². The highest BCUT2D eigenvalue weighted by molar-refractivity contribution is 6.12. The van der Waals surface area contributed by atoms with Gasteiger partial charge in [0.15, 0.2) is 0 Å². The molecule has 0 saturated carbocycles. The number of nitrogens with two attached hydrogens (primary N) is 2. The number of anilines is 2. The lowest BCUT2D eigenvalue weighted by Crippen LogP contribution is -2.23. The molecule has 5 heteroatoms. The van der Waals surface area contributed by atoms with Gasteiger partial charge in [0, 0.05) is 28.1 Å². The van der Waals surface area contributed by atoms with Crippen LogP contribution in [0.25, 0.3) is 48.7 Å². The van der Waals surface area contributed by atoms with Crippen LogP contribution in [-0.2, 0) is 0 Å². The van der Waals surface area contributed by atoms with Gasteiger partial charge in [-0.25, -0.2) is 0 Å². The van der Waals surface area contributed by atoms with Crippen molar-refractivity contribution in [2.75, 3.05) is 11.5 Å². The molecule has 0 aromatic heterocycles. The maximum atomic E-state index is 11.8. The van der Waals surface area contributed by atoms with E-state index in [4.69, 9.17) is 11.5 Å². The van der Waals surface area contributed by atoms with Crippen LogP contribution in [-0.4, -0.2) is 5.11 Å². The van der Waals surface area contributed by atoms with Gasteiger partial charge in [-0.3, -0.25) is 0 Å². The van der Waals surface area contributed by atoms with E-state index in [0.717, 1.165) is 43.1 Å². The fourth-order valence-corrected chi connectivity index (χ4v) is 6.13. The number of hydrogen-bond donors (Lipinski definition) is 3. The van der Waals surface area contributed by atoms with Crippen LogP contribution in [0.2, 0.25) is 0 Å². The summed E-state index contributed by atoms with van der Waals surface area (Å²) in [7, 11) is 0. The van der Waals surface area contributed by atoms with Crippen LogP contribution in [0, 0.1) is 22.7 Å². The zero-order chi connectivity index (χ0) is 27.5. The van der Waals surface area contributed by atoms with Gasteiger partial charge in [-0.15, -0.1) is 0 Å². The van der Waals surface area contributed by atoms with E-state index in [9.17, 15) is 15.6 Å². The summed E-state index contributed by atoms with van der Waals surface area (Å²) < 4.78 is 0. The Kier molecular flexibility index (Phi) is 5.04. The third-order valence-electron chi connectivity index (χ3n) is 8.00. The van der Waals surface area contributed by atoms with Crippen LogP contribution < -0.4 is 11.5 Å². The van der Waals surface area contributed by atoms with Gasteiger partial charge in [0.25, 0.3) is 0 Å². The number of nitrogen functional groups attached to an aromatic ring is 2. The fourth-order valence-electron chi connectivity index (χ4n) is 6.13. The number of hydrogen-bond acceptors (Lipinski definition) is 5. The van der Waals surface area contributed by atoms with Gasteiger partial charge in [-0.1, -0.05) is 60.7 Å². The van der Waals surface area contributed by atoms with E-state index in [1.165, 1.54) is 0 Å². The zero-order valence-corrected chi connectivity index (χ0v) is 21.3. The lowest BCUT2D eigenvalue weighted by Gasteiger charge is -2.36. The van der Waals surface area contributed by atoms with Gasteiger partial charge in [0.1, 0.15) is 23.5 Å². The Morgan fingerprint density at radius 3 is 1.70 bits per heavy atom. The third-order valence-corrected chi connectivity index (χ3v) is 8.00. The summed E-state index contributed by atoms with van der Waals surface area (Å²) in [5.74, 6) is -0.706. The quantitative estimate of drug-likeness (QED) is 0.123. The van der Waals surface area contributed by atoms with E-state index in [2.05, 4.69) is 30.3 Å². The molecule has 40 heavy (non-hydrogen) atoms. The molecule has 5 N–H and O–H groups in total. The molecule has 0 heterocycles. The van der Waals surface area contributed by atoms with Crippen LogP contribution in [0.5, 0.6) is 0 Å². The molecular formula is C35H22N4O. The summed E-state index contributed by atoms with van der Waals surface area (Å²) in [6.07, 6.45) is 0. The number of benzene rings is 6. The summed E-state index contributed by atoms with van der Waals surface area (Å²) in [5.41, 5.74) is 16.1. The molecule has 1 aliphatic rings. The van der Waals surface area contributed by atoms with Crippen molar-refractivity contribution in [2.45, 2.75) is 5.92 Å². The first kappa shape index (κ1) is 23.3. The Labute approximate surface area is 230 Å². The first-order valence-corrected chi connectivity index (χ1v) is 12.9. The predicted octanol–water partition coefficient (Wildman–Crippen LogP) is 7.87. The maximum Gasteiger partial charge on any atom is 0.134 e.